The van der Waals surface area contributed by atoms with E-state index in [9.17, 15) is 22.8 Å². The lowest BCUT2D eigenvalue weighted by Crippen LogP contribution is -2.26. The average molecular weight is 473 g/mol. The number of nitrogens with one attached hydrogen (secondary N) is 1. The van der Waals surface area contributed by atoms with E-state index >= 15 is 0 Å². The van der Waals surface area contributed by atoms with Gasteiger partial charge in [-0.15, -0.1) is 0 Å². The van der Waals surface area contributed by atoms with Crippen molar-refractivity contribution < 1.29 is 22.8 Å². The van der Waals surface area contributed by atoms with Crippen LogP contribution in [0.5, 0.6) is 0 Å². The highest BCUT2D eigenvalue weighted by atomic mass is 35.5. The lowest BCUT2D eigenvalue weighted by Gasteiger charge is -2.15. The maximum atomic E-state index is 14.3. The Morgan fingerprint density at radius 1 is 1.09 bits per heavy atom. The Balaban J connectivity index is 1.89. The lowest BCUT2D eigenvalue weighted by atomic mass is 10.0. The number of hydrogen-bond donors (Lipinski definition) is 1. The second-order valence-corrected chi connectivity index (χ2v) is 7.77. The highest BCUT2D eigenvalue weighted by molar-refractivity contribution is 6.48. The van der Waals surface area contributed by atoms with E-state index in [0.29, 0.717) is 16.1 Å². The quantitative estimate of drug-likeness (QED) is 0.316. The van der Waals surface area contributed by atoms with E-state index in [2.05, 4.69) is 15.3 Å². The number of carbonyl (C=O) groups is 2. The number of Topliss-reactive ketones (excluding diaryl/α,β-unsaturated/α-hetero) is 1. The molecule has 1 N–H and O–H groups in total. The topological polar surface area (TPSA) is 76.9 Å². The van der Waals surface area contributed by atoms with Crippen LogP contribution in [0, 0.1) is 6.92 Å². The zero-order chi connectivity index (χ0) is 23.8. The molecule has 4 aromatic rings. The van der Waals surface area contributed by atoms with Gasteiger partial charge in [0.1, 0.15) is 17.8 Å². The number of halogens is 4. The lowest BCUT2D eigenvalue weighted by molar-refractivity contribution is -0.143. The molecule has 2 heterocycles. The van der Waals surface area contributed by atoms with Gasteiger partial charge in [-0.05, 0) is 42.8 Å². The third kappa shape index (κ3) is 4.58. The summed E-state index contributed by atoms with van der Waals surface area (Å²) in [6, 6.07) is 12.3. The van der Waals surface area contributed by atoms with E-state index in [-0.39, 0.29) is 23.3 Å². The van der Waals surface area contributed by atoms with Crippen LogP contribution in [0.3, 0.4) is 0 Å². The molecule has 0 fully saturated rings. The smallest absolute Gasteiger partial charge is 0.332 e. The van der Waals surface area contributed by atoms with Crippen molar-refractivity contribution in [1.29, 1.82) is 0 Å². The molecule has 0 aliphatic heterocycles. The third-order valence-corrected chi connectivity index (χ3v) is 5.25. The first-order chi connectivity index (χ1) is 15.6. The maximum absolute atomic E-state index is 14.3. The van der Waals surface area contributed by atoms with E-state index in [4.69, 9.17) is 11.6 Å². The zero-order valence-electron chi connectivity index (χ0n) is 17.2. The maximum Gasteiger partial charge on any atom is 0.432 e. The second-order valence-electron chi connectivity index (χ2n) is 7.33. The van der Waals surface area contributed by atoms with Crippen molar-refractivity contribution in [2.24, 2.45) is 0 Å². The van der Waals surface area contributed by atoms with Crippen molar-refractivity contribution in [3.63, 3.8) is 0 Å². The number of anilines is 1. The Labute approximate surface area is 191 Å². The van der Waals surface area contributed by atoms with Gasteiger partial charge in [0.2, 0.25) is 0 Å². The van der Waals surface area contributed by atoms with Crippen LogP contribution >= 0.6 is 11.6 Å². The van der Waals surface area contributed by atoms with Gasteiger partial charge in [-0.1, -0.05) is 35.4 Å². The summed E-state index contributed by atoms with van der Waals surface area (Å²) in [4.78, 5) is 33.2. The summed E-state index contributed by atoms with van der Waals surface area (Å²) in [5.74, 6) is -2.55. The number of amides is 1. The average Bonchev–Trinajstić information content (AvgIpc) is 3.09. The Kier molecular flexibility index (Phi) is 5.90. The molecular formula is C23H16ClF3N4O2. The molecule has 2 aromatic carbocycles. The van der Waals surface area contributed by atoms with Crippen molar-refractivity contribution in [1.82, 2.24) is 14.5 Å². The van der Waals surface area contributed by atoms with Gasteiger partial charge in [-0.3, -0.25) is 9.59 Å². The molecule has 33 heavy (non-hydrogen) atoms. The fourth-order valence-corrected chi connectivity index (χ4v) is 3.71. The van der Waals surface area contributed by atoms with Crippen molar-refractivity contribution in [2.75, 3.05) is 5.32 Å². The highest BCUT2D eigenvalue weighted by Gasteiger charge is 2.42. The SMILES string of the molecule is Cc1ccc2c(c1)c(C(=O)C(=O)Nc1ccncn1)c(C(F)(F)F)n2Cc1ccc(Cl)cc1. The summed E-state index contributed by atoms with van der Waals surface area (Å²) in [7, 11) is 0. The molecule has 0 saturated carbocycles. The predicted molar refractivity (Wildman–Crippen MR) is 117 cm³/mol. The number of rotatable bonds is 5. The molecule has 2 aromatic heterocycles. The van der Waals surface area contributed by atoms with Crippen molar-refractivity contribution >= 4 is 40.0 Å². The molecule has 168 valence electrons. The highest BCUT2D eigenvalue weighted by Crippen LogP contribution is 2.39. The fourth-order valence-electron chi connectivity index (χ4n) is 3.58. The van der Waals surface area contributed by atoms with Crippen LogP contribution in [0.25, 0.3) is 10.9 Å². The zero-order valence-corrected chi connectivity index (χ0v) is 17.9. The molecule has 4 rings (SSSR count). The van der Waals surface area contributed by atoms with Crippen LogP contribution in [0.15, 0.2) is 61.1 Å². The summed E-state index contributed by atoms with van der Waals surface area (Å²) in [5.41, 5.74) is -0.527. The third-order valence-electron chi connectivity index (χ3n) is 5.00. The summed E-state index contributed by atoms with van der Waals surface area (Å²) in [6.45, 7) is 1.52. The molecule has 0 aliphatic rings. The first-order valence-corrected chi connectivity index (χ1v) is 10.1. The number of alkyl halides is 3. The van der Waals surface area contributed by atoms with Crippen LogP contribution in [0.4, 0.5) is 19.0 Å². The van der Waals surface area contributed by atoms with Crippen molar-refractivity contribution in [3.05, 3.63) is 88.5 Å². The van der Waals surface area contributed by atoms with Gasteiger partial charge in [0, 0.05) is 28.7 Å². The molecule has 6 nitrogen and oxygen atoms in total. The first kappa shape index (κ1) is 22.5. The monoisotopic (exact) mass is 472 g/mol. The Morgan fingerprint density at radius 2 is 1.82 bits per heavy atom. The summed E-state index contributed by atoms with van der Waals surface area (Å²) >= 11 is 5.89. The first-order valence-electron chi connectivity index (χ1n) is 9.71. The Hall–Kier alpha value is -3.72. The van der Waals surface area contributed by atoms with Crippen LogP contribution in [0.2, 0.25) is 5.02 Å². The normalized spacial score (nSPS) is 11.5. The van der Waals surface area contributed by atoms with Crippen molar-refractivity contribution in [2.45, 2.75) is 19.6 Å². The fraction of sp³-hybridized carbons (Fsp3) is 0.130. The minimum absolute atomic E-state index is 0.00186. The number of ketones is 1. The number of aryl methyl sites for hydroxylation is 1. The number of carbonyl (C=O) groups excluding carboxylic acids is 2. The summed E-state index contributed by atoms with van der Waals surface area (Å²) < 4.78 is 44.0. The van der Waals surface area contributed by atoms with Gasteiger partial charge in [-0.25, -0.2) is 9.97 Å². The Bertz CT molecular complexity index is 1350. The van der Waals surface area contributed by atoms with E-state index < -0.39 is 29.1 Å². The van der Waals surface area contributed by atoms with E-state index in [1.807, 2.05) is 0 Å². The van der Waals surface area contributed by atoms with E-state index in [1.54, 1.807) is 37.3 Å². The largest absolute Gasteiger partial charge is 0.432 e. The molecule has 0 unspecified atom stereocenters. The summed E-state index contributed by atoms with van der Waals surface area (Å²) in [5, 5.41) is 2.72. The molecule has 0 saturated heterocycles. The molecule has 1 amide bonds. The molecule has 0 aliphatic carbocycles. The minimum atomic E-state index is -4.90. The van der Waals surface area contributed by atoms with Crippen LogP contribution in [0.1, 0.15) is 27.2 Å². The van der Waals surface area contributed by atoms with Crippen LogP contribution in [-0.2, 0) is 17.5 Å². The molecule has 0 spiro atoms. The number of benzene rings is 2. The molecule has 0 radical (unpaired) electrons. The molecule has 0 atom stereocenters. The number of fused-ring (bicyclic) bond motifs is 1. The Morgan fingerprint density at radius 3 is 2.45 bits per heavy atom. The minimum Gasteiger partial charge on any atom is -0.332 e. The number of aromatic nitrogens is 3. The molecular weight excluding hydrogens is 457 g/mol. The van der Waals surface area contributed by atoms with Gasteiger partial charge in [-0.2, -0.15) is 13.2 Å². The van der Waals surface area contributed by atoms with Gasteiger partial charge < -0.3 is 9.88 Å². The van der Waals surface area contributed by atoms with Crippen LogP contribution in [-0.4, -0.2) is 26.2 Å². The predicted octanol–water partition coefficient (Wildman–Crippen LogP) is 5.28. The van der Waals surface area contributed by atoms with Crippen LogP contribution < -0.4 is 5.32 Å². The second kappa shape index (κ2) is 8.67. The van der Waals surface area contributed by atoms with Gasteiger partial charge in [0.15, 0.2) is 0 Å². The number of nitrogens with zero attached hydrogens (tertiary/aromatic N) is 3. The standard InChI is InChI=1S/C23H16ClF3N4O2/c1-13-2-7-17-16(10-13)19(20(32)22(33)30-18-8-9-28-12-29-18)21(23(25,26)27)31(17)11-14-3-5-15(24)6-4-14/h2-10,12H,11H2,1H3,(H,28,29,30,33). The van der Waals surface area contributed by atoms with Gasteiger partial charge in [0.05, 0.1) is 5.56 Å². The molecule has 10 heteroatoms. The van der Waals surface area contributed by atoms with E-state index in [1.165, 1.54) is 24.4 Å². The summed E-state index contributed by atoms with van der Waals surface area (Å²) in [6.07, 6.45) is -2.43. The van der Waals surface area contributed by atoms with Gasteiger partial charge in [0.25, 0.3) is 11.7 Å². The van der Waals surface area contributed by atoms with E-state index in [0.717, 1.165) is 10.9 Å². The van der Waals surface area contributed by atoms with Gasteiger partial charge >= 0.3 is 6.18 Å². The molecule has 0 bridgehead atoms. The van der Waals surface area contributed by atoms with Crippen molar-refractivity contribution in [3.8, 4) is 0 Å². The number of hydrogen-bond acceptors (Lipinski definition) is 4.